The van der Waals surface area contributed by atoms with E-state index in [4.69, 9.17) is 14.4 Å². The van der Waals surface area contributed by atoms with Crippen LogP contribution in [-0.2, 0) is 0 Å². The molecule has 0 atom stereocenters. The van der Waals surface area contributed by atoms with Crippen molar-refractivity contribution in [1.82, 2.24) is 14.5 Å². The Morgan fingerprint density at radius 3 is 1.82 bits per heavy atom. The van der Waals surface area contributed by atoms with Crippen LogP contribution in [-0.4, -0.2) is 27.8 Å². The number of fused-ring (bicyclic) bond motifs is 9. The van der Waals surface area contributed by atoms with E-state index >= 15 is 0 Å². The van der Waals surface area contributed by atoms with E-state index in [1.54, 1.807) is 0 Å². The molecule has 12 rings (SSSR count). The van der Waals surface area contributed by atoms with Crippen LogP contribution in [0.25, 0.3) is 83.2 Å². The predicted octanol–water partition coefficient (Wildman–Crippen LogP) is 10.2. The number of hydrogen-bond donors (Lipinski definition) is 0. The van der Waals surface area contributed by atoms with Gasteiger partial charge in [0.2, 0.25) is 0 Å². The second kappa shape index (κ2) is 12.5. The van der Waals surface area contributed by atoms with E-state index in [9.17, 15) is 0 Å². The van der Waals surface area contributed by atoms with E-state index in [0.717, 1.165) is 66.9 Å². The summed E-state index contributed by atoms with van der Waals surface area (Å²) in [5.41, 5.74) is 10.4. The van der Waals surface area contributed by atoms with Gasteiger partial charge in [0.15, 0.2) is 0 Å². The molecule has 5 heteroatoms. The number of benzene rings is 8. The molecule has 1 aliphatic rings. The van der Waals surface area contributed by atoms with Crippen molar-refractivity contribution in [3.8, 4) is 39.5 Å². The van der Waals surface area contributed by atoms with Gasteiger partial charge in [-0.05, 0) is 0 Å². The van der Waals surface area contributed by atoms with Gasteiger partial charge in [-0.15, -0.1) is 0 Å². The van der Waals surface area contributed by atoms with Gasteiger partial charge in [0.05, 0.1) is 0 Å². The van der Waals surface area contributed by atoms with Crippen LogP contribution in [0, 0.1) is 0 Å². The Hall–Kier alpha value is -7.02. The van der Waals surface area contributed by atoms with Gasteiger partial charge < -0.3 is 0 Å². The fourth-order valence-electron chi connectivity index (χ4n) is 9.50. The maximum absolute atomic E-state index is 6.51. The van der Waals surface area contributed by atoms with E-state index in [2.05, 4.69) is 199 Å². The maximum atomic E-state index is 6.51. The molecule has 8 aromatic carbocycles. The molecule has 1 aliphatic heterocycles. The van der Waals surface area contributed by atoms with E-state index in [-0.39, 0.29) is 0 Å². The van der Waals surface area contributed by atoms with Gasteiger partial charge in [0.1, 0.15) is 0 Å². The van der Waals surface area contributed by atoms with Crippen molar-refractivity contribution >= 4 is 74.7 Å². The van der Waals surface area contributed by atoms with Crippen LogP contribution >= 0.6 is 0 Å². The summed E-state index contributed by atoms with van der Waals surface area (Å²) in [5.74, 6) is 0.736. The van der Waals surface area contributed by atoms with Crippen LogP contribution in [0.15, 0.2) is 205 Å². The second-order valence-electron chi connectivity index (χ2n) is 14.8. The number of aromatic nitrogens is 3. The van der Waals surface area contributed by atoms with Crippen molar-refractivity contribution < 1.29 is 4.42 Å². The molecular formula is C52H33GeN3O. The Kier molecular flexibility index (Phi) is 7.07. The molecule has 3 aromatic heterocycles. The minimum absolute atomic E-state index is 0.736. The molecule has 57 heavy (non-hydrogen) atoms. The third-order valence-electron chi connectivity index (χ3n) is 11.9. The molecule has 0 radical (unpaired) electrons. The van der Waals surface area contributed by atoms with Crippen LogP contribution in [0.2, 0.25) is 0 Å². The van der Waals surface area contributed by atoms with Crippen molar-refractivity contribution in [2.75, 3.05) is 0 Å². The molecule has 4 nitrogen and oxygen atoms in total. The Balaban J connectivity index is 1.22. The second-order valence-corrected chi connectivity index (χ2v) is 22.5. The molecule has 0 spiro atoms. The SMILES string of the molecule is c1ccc(-c2nc(-c3ccccc3-n3c4ccccc4c4cc5c(cc43)oc3ccccc35)c3[c](n2)[Ge]([c]2ccccc2)([c]2ccccc2)[c]2ccccc2-3)cc1. The fourth-order valence-corrected chi connectivity index (χ4v) is 20.0. The van der Waals surface area contributed by atoms with Gasteiger partial charge >= 0.3 is 321 Å². The summed E-state index contributed by atoms with van der Waals surface area (Å²) in [4.78, 5) is 11.4. The van der Waals surface area contributed by atoms with Crippen molar-refractivity contribution in [3.63, 3.8) is 0 Å². The van der Waals surface area contributed by atoms with Crippen LogP contribution in [0.4, 0.5) is 0 Å². The number of rotatable bonds is 5. The minimum atomic E-state index is -3.73. The van der Waals surface area contributed by atoms with E-state index in [0.29, 0.717) is 0 Å². The quantitative estimate of drug-likeness (QED) is 0.163. The molecule has 0 aliphatic carbocycles. The normalized spacial score (nSPS) is 13.1. The van der Waals surface area contributed by atoms with Crippen LogP contribution in [0.3, 0.4) is 0 Å². The molecule has 11 aromatic rings. The monoisotopic (exact) mass is 789 g/mol. The zero-order chi connectivity index (χ0) is 37.5. The van der Waals surface area contributed by atoms with Crippen molar-refractivity contribution in [1.29, 1.82) is 0 Å². The average Bonchev–Trinajstić information content (AvgIpc) is 3.92. The number of para-hydroxylation sites is 3. The van der Waals surface area contributed by atoms with Crippen LogP contribution in [0.5, 0.6) is 0 Å². The van der Waals surface area contributed by atoms with E-state index in [1.807, 2.05) is 6.07 Å². The summed E-state index contributed by atoms with van der Waals surface area (Å²) < 4.78 is 14.2. The summed E-state index contributed by atoms with van der Waals surface area (Å²) in [5, 5.41) is 4.63. The molecule has 0 unspecified atom stereocenters. The first-order valence-corrected chi connectivity index (χ1v) is 23.6. The molecule has 0 N–H and O–H groups in total. The molecule has 0 bridgehead atoms. The first kappa shape index (κ1) is 32.2. The molecule has 0 saturated heterocycles. The summed E-state index contributed by atoms with van der Waals surface area (Å²) in [6.07, 6.45) is 0. The topological polar surface area (TPSA) is 43.9 Å². The van der Waals surface area contributed by atoms with Gasteiger partial charge in [0, 0.05) is 0 Å². The van der Waals surface area contributed by atoms with Crippen LogP contribution in [0.1, 0.15) is 0 Å². The standard InChI is InChI=1S/C52H33GeN3O/c1-4-18-34(19-5-1)52-54-50(49-39-26-10-14-28-43(39)53(51(49)55-52,35-20-6-2-7-21-35)36-22-8-3-9-23-36)40-27-12-16-30-45(40)56-44-29-15-11-24-37(44)41-32-42-38-25-13-17-31-47(38)57-48(42)33-46(41)56/h1-33H. The first-order chi connectivity index (χ1) is 28.3. The Morgan fingerprint density at radius 1 is 0.439 bits per heavy atom. The van der Waals surface area contributed by atoms with Crippen molar-refractivity contribution in [2.24, 2.45) is 0 Å². The predicted molar refractivity (Wildman–Crippen MR) is 237 cm³/mol. The number of hydrogen-bond acceptors (Lipinski definition) is 3. The van der Waals surface area contributed by atoms with E-state index in [1.165, 1.54) is 34.1 Å². The van der Waals surface area contributed by atoms with E-state index < -0.39 is 13.3 Å². The summed E-state index contributed by atoms with van der Waals surface area (Å²) in [7, 11) is 0. The van der Waals surface area contributed by atoms with Crippen LogP contribution < -0.4 is 17.7 Å². The zero-order valence-electron chi connectivity index (χ0n) is 30.8. The zero-order valence-corrected chi connectivity index (χ0v) is 32.9. The van der Waals surface area contributed by atoms with Gasteiger partial charge in [-0.1, -0.05) is 12.1 Å². The summed E-state index contributed by atoms with van der Waals surface area (Å²) in [6.45, 7) is 0. The van der Waals surface area contributed by atoms with Gasteiger partial charge in [-0.2, -0.15) is 0 Å². The number of furan rings is 1. The van der Waals surface area contributed by atoms with Crippen molar-refractivity contribution in [3.05, 3.63) is 200 Å². The third kappa shape index (κ3) is 4.62. The van der Waals surface area contributed by atoms with Crippen molar-refractivity contribution in [2.45, 2.75) is 0 Å². The molecule has 0 saturated carbocycles. The molecular weight excluding hydrogens is 755 g/mol. The van der Waals surface area contributed by atoms with Gasteiger partial charge in [0.25, 0.3) is 0 Å². The Labute approximate surface area is 331 Å². The Bertz CT molecular complexity index is 3310. The molecule has 266 valence electrons. The molecule has 4 heterocycles. The Morgan fingerprint density at radius 2 is 1.05 bits per heavy atom. The summed E-state index contributed by atoms with van der Waals surface area (Å²) >= 11 is -3.73. The summed E-state index contributed by atoms with van der Waals surface area (Å²) in [6, 6.07) is 72.1. The third-order valence-corrected chi connectivity index (χ3v) is 21.8. The molecule has 0 fully saturated rings. The average molecular weight is 788 g/mol. The van der Waals surface area contributed by atoms with Gasteiger partial charge in [-0.25, -0.2) is 0 Å². The molecule has 0 amide bonds. The van der Waals surface area contributed by atoms with Gasteiger partial charge in [-0.3, -0.25) is 0 Å². The first-order valence-electron chi connectivity index (χ1n) is 19.4. The fraction of sp³-hybridized carbons (Fsp3) is 0. The number of nitrogens with zero attached hydrogens (tertiary/aromatic N) is 3.